The van der Waals surface area contributed by atoms with Crippen LogP contribution in [0.2, 0.25) is 0 Å². The molecule has 8 saturated heterocycles. The lowest BCUT2D eigenvalue weighted by Gasteiger charge is -2.37. The minimum absolute atomic E-state index is 0.0588. The number of likely N-dealkylation sites (tertiary alicyclic amines) is 8. The number of nitrogens with zero attached hydrogens (tertiary/aromatic N) is 8. The van der Waals surface area contributed by atoms with E-state index >= 15 is 0 Å². The highest BCUT2D eigenvalue weighted by molar-refractivity contribution is 5.99. The number of Topliss-reactive ketones (excluding diaryl/α,β-unsaturated/α-hetero) is 1. The first kappa shape index (κ1) is 50.4. The number of amides is 9. The van der Waals surface area contributed by atoms with Crippen molar-refractivity contribution in [3.8, 4) is 0 Å². The van der Waals surface area contributed by atoms with Crippen LogP contribution in [0.3, 0.4) is 0 Å². The summed E-state index contributed by atoms with van der Waals surface area (Å²) in [4.78, 5) is 152. The molecule has 0 spiro atoms. The van der Waals surface area contributed by atoms with E-state index < -0.39 is 54.4 Å². The summed E-state index contributed by atoms with van der Waals surface area (Å²) < 4.78 is 5.05. The smallest absolute Gasteiger partial charge is 0.407 e. The van der Waals surface area contributed by atoms with Crippen molar-refractivity contribution in [1.29, 1.82) is 0 Å². The number of rotatable bonds is 12. The minimum atomic E-state index is -0.808. The van der Waals surface area contributed by atoms with Crippen LogP contribution in [0.15, 0.2) is 12.7 Å². The highest BCUT2D eigenvalue weighted by Gasteiger charge is 2.52. The fourth-order valence-corrected chi connectivity index (χ4v) is 13.7. The molecule has 0 aromatic rings. The maximum Gasteiger partial charge on any atom is 0.407 e. The first-order valence-electron chi connectivity index (χ1n) is 26.8. The van der Waals surface area contributed by atoms with Crippen molar-refractivity contribution in [3.05, 3.63) is 12.7 Å². The quantitative estimate of drug-likeness (QED) is 0.277. The Bertz CT molecular complexity index is 2160. The number of hydrogen-bond donors (Lipinski definition) is 1. The summed E-state index contributed by atoms with van der Waals surface area (Å²) in [5.41, 5.74) is 0. The van der Waals surface area contributed by atoms with Crippen molar-refractivity contribution >= 4 is 59.1 Å². The molecule has 0 aromatic heterocycles. The monoisotopic (exact) mass is 988 g/mol. The molecule has 8 aliphatic heterocycles. The van der Waals surface area contributed by atoms with Crippen LogP contribution >= 0.6 is 0 Å². The summed E-state index contributed by atoms with van der Waals surface area (Å²) in [6, 6.07) is -5.99. The lowest BCUT2D eigenvalue weighted by atomic mass is 10.0. The molecular weight excluding hydrogens is 915 g/mol. The Labute approximate surface area is 416 Å². The molecule has 9 fully saturated rings. The molecular formula is C51H73N9O11. The van der Waals surface area contributed by atoms with Crippen LogP contribution in [0.25, 0.3) is 0 Å². The Morgan fingerprint density at radius 1 is 0.408 bits per heavy atom. The van der Waals surface area contributed by atoms with Crippen LogP contribution in [-0.2, 0) is 47.9 Å². The van der Waals surface area contributed by atoms with Crippen molar-refractivity contribution < 1.29 is 52.7 Å². The van der Waals surface area contributed by atoms with Gasteiger partial charge in [0.1, 0.15) is 48.9 Å². The number of alkyl carbamates (subject to hydrolysis) is 1. The average molecular weight is 988 g/mol. The molecule has 9 rings (SSSR count). The SMILES string of the molecule is C=CCOC(=O)N[C@H]1CC[C@H](C(=O)N2CCC[C@H]2C(=O)N2CCC[C@H]2C(=O)N2CCC[C@H]2C(=O)N2CCC[C@H]2C(=O)N2CCC[C@H]2C(=O)N2CCC[C@H]2C(=O)N2CCC[C@H]2C(=O)N2CCC[C@H]2C(C)=O)C1. The Balaban J connectivity index is 0.812. The van der Waals surface area contributed by atoms with Gasteiger partial charge in [0.2, 0.25) is 47.3 Å². The summed E-state index contributed by atoms with van der Waals surface area (Å²) in [5, 5.41) is 2.82. The topological polar surface area (TPSA) is 218 Å². The second kappa shape index (κ2) is 21.7. The van der Waals surface area contributed by atoms with Gasteiger partial charge in [-0.3, -0.25) is 43.2 Å². The van der Waals surface area contributed by atoms with E-state index in [1.54, 1.807) is 39.2 Å². The van der Waals surface area contributed by atoms with Gasteiger partial charge in [-0.05, 0) is 129 Å². The molecule has 1 N–H and O–H groups in total. The van der Waals surface area contributed by atoms with E-state index in [1.807, 2.05) is 0 Å². The molecule has 0 bridgehead atoms. The minimum Gasteiger partial charge on any atom is -0.445 e. The highest BCUT2D eigenvalue weighted by atomic mass is 16.5. The van der Waals surface area contributed by atoms with Gasteiger partial charge in [0.15, 0.2) is 5.78 Å². The van der Waals surface area contributed by atoms with E-state index in [1.165, 1.54) is 13.0 Å². The van der Waals surface area contributed by atoms with Crippen LogP contribution in [0.5, 0.6) is 0 Å². The van der Waals surface area contributed by atoms with Crippen molar-refractivity contribution in [3.63, 3.8) is 0 Å². The molecule has 20 heteroatoms. The van der Waals surface area contributed by atoms with E-state index in [9.17, 15) is 47.9 Å². The molecule has 9 aliphatic rings. The maximum atomic E-state index is 14.6. The molecule has 1 aliphatic carbocycles. The van der Waals surface area contributed by atoms with Crippen LogP contribution in [-0.4, -0.2) is 212 Å². The number of carbonyl (C=O) groups is 10. The van der Waals surface area contributed by atoms with Gasteiger partial charge in [0, 0.05) is 64.3 Å². The average Bonchev–Trinajstić information content (AvgIpc) is 4.23. The van der Waals surface area contributed by atoms with Crippen molar-refractivity contribution in [2.75, 3.05) is 59.0 Å². The number of carbonyl (C=O) groups excluding carboxylic acids is 10. The third kappa shape index (κ3) is 9.88. The summed E-state index contributed by atoms with van der Waals surface area (Å²) in [6.07, 6.45) is 11.4. The van der Waals surface area contributed by atoms with Gasteiger partial charge in [-0.15, -0.1) is 0 Å². The number of hydrogen-bond acceptors (Lipinski definition) is 11. The second-order valence-electron chi connectivity index (χ2n) is 21.4. The summed E-state index contributed by atoms with van der Waals surface area (Å²) >= 11 is 0. The molecule has 9 amide bonds. The Morgan fingerprint density at radius 3 is 0.958 bits per heavy atom. The zero-order valence-corrected chi connectivity index (χ0v) is 41.4. The van der Waals surface area contributed by atoms with Crippen molar-refractivity contribution in [1.82, 2.24) is 44.5 Å². The van der Waals surface area contributed by atoms with Crippen molar-refractivity contribution in [2.45, 2.75) is 183 Å². The highest BCUT2D eigenvalue weighted by Crippen LogP contribution is 2.36. The number of ketones is 1. The van der Waals surface area contributed by atoms with Crippen LogP contribution in [0.4, 0.5) is 4.79 Å². The van der Waals surface area contributed by atoms with E-state index in [-0.39, 0.29) is 71.6 Å². The summed E-state index contributed by atoms with van der Waals surface area (Å²) in [5.74, 6) is -2.44. The fourth-order valence-electron chi connectivity index (χ4n) is 13.7. The Hall–Kier alpha value is -5.56. The maximum absolute atomic E-state index is 14.6. The standard InChI is InChI=1S/C51H73N9O11/c1-3-30-71-51(70)52-34-21-20-33(31-34)43(62)54-23-5-13-36(54)45(64)56-25-7-15-38(56)47(66)58-27-9-17-40(58)49(68)60-29-11-19-42(60)50(69)59-28-10-18-41(59)48(67)57-26-8-16-39(57)46(65)55-24-6-14-37(55)44(63)53-22-4-12-35(53)32(2)61/h3,33-42H,1,4-31H2,2H3,(H,52,70)/t33-,34-,35-,36-,37-,38-,39-,40-,41-,42-/m0/s1. The van der Waals surface area contributed by atoms with Gasteiger partial charge in [0.05, 0.1) is 6.04 Å². The molecule has 0 unspecified atom stereocenters. The zero-order valence-electron chi connectivity index (χ0n) is 41.4. The normalized spacial score (nSPS) is 31.8. The third-order valence-corrected chi connectivity index (χ3v) is 17.2. The molecule has 1 saturated carbocycles. The third-order valence-electron chi connectivity index (χ3n) is 17.2. The summed E-state index contributed by atoms with van der Waals surface area (Å²) in [6.45, 7) is 8.19. The number of ether oxygens (including phenoxy) is 1. The second-order valence-corrected chi connectivity index (χ2v) is 21.4. The molecule has 0 radical (unpaired) electrons. The van der Waals surface area contributed by atoms with Crippen LogP contribution in [0.1, 0.15) is 129 Å². The lowest BCUT2D eigenvalue weighted by Crippen LogP contribution is -2.59. The van der Waals surface area contributed by atoms with Gasteiger partial charge in [-0.25, -0.2) is 4.79 Å². The van der Waals surface area contributed by atoms with Gasteiger partial charge in [-0.2, -0.15) is 0 Å². The van der Waals surface area contributed by atoms with Gasteiger partial charge < -0.3 is 49.3 Å². The molecule has 71 heavy (non-hydrogen) atoms. The van der Waals surface area contributed by atoms with Gasteiger partial charge in [0.25, 0.3) is 0 Å². The van der Waals surface area contributed by atoms with Crippen molar-refractivity contribution in [2.24, 2.45) is 5.92 Å². The predicted molar refractivity (Wildman–Crippen MR) is 254 cm³/mol. The van der Waals surface area contributed by atoms with Crippen LogP contribution < -0.4 is 5.32 Å². The number of nitrogens with one attached hydrogen (secondary N) is 1. The summed E-state index contributed by atoms with van der Waals surface area (Å²) in [7, 11) is 0. The van der Waals surface area contributed by atoms with Crippen LogP contribution in [0, 0.1) is 5.92 Å². The van der Waals surface area contributed by atoms with Gasteiger partial charge in [-0.1, -0.05) is 12.7 Å². The van der Waals surface area contributed by atoms with Gasteiger partial charge >= 0.3 is 6.09 Å². The Morgan fingerprint density at radius 2 is 0.676 bits per heavy atom. The first-order chi connectivity index (χ1) is 34.3. The van der Waals surface area contributed by atoms with E-state index in [4.69, 9.17) is 4.74 Å². The molecule has 388 valence electrons. The Kier molecular flexibility index (Phi) is 15.4. The molecule has 10 atom stereocenters. The zero-order chi connectivity index (χ0) is 50.1. The largest absolute Gasteiger partial charge is 0.445 e. The molecule has 0 aromatic carbocycles. The van der Waals surface area contributed by atoms with E-state index in [0.717, 1.165) is 6.42 Å². The van der Waals surface area contributed by atoms with E-state index in [2.05, 4.69) is 11.9 Å². The fraction of sp³-hybridized carbons (Fsp3) is 0.765. The first-order valence-corrected chi connectivity index (χ1v) is 26.8. The molecule has 20 nitrogen and oxygen atoms in total. The predicted octanol–water partition coefficient (Wildman–Crippen LogP) is 1.58. The van der Waals surface area contributed by atoms with E-state index in [0.29, 0.717) is 168 Å². The molecule has 8 heterocycles. The lowest BCUT2D eigenvalue weighted by molar-refractivity contribution is -0.155.